The predicted molar refractivity (Wildman–Crippen MR) is 79.7 cm³/mol. The minimum atomic E-state index is 0.614. The summed E-state index contributed by atoms with van der Waals surface area (Å²) >= 11 is 8.72. The summed E-state index contributed by atoms with van der Waals surface area (Å²) in [4.78, 5) is 0. The maximum absolute atomic E-state index is 5.18. The fourth-order valence-corrected chi connectivity index (χ4v) is 1.91. The second-order valence-electron chi connectivity index (χ2n) is 3.80. The van der Waals surface area contributed by atoms with Gasteiger partial charge in [-0.05, 0) is 49.3 Å². The van der Waals surface area contributed by atoms with Gasteiger partial charge in [-0.1, -0.05) is 15.9 Å². The number of rotatable bonds is 4. The first-order chi connectivity index (χ1) is 8.04. The van der Waals surface area contributed by atoms with E-state index in [4.69, 9.17) is 17.0 Å². The highest BCUT2D eigenvalue weighted by molar-refractivity contribution is 9.10. The number of nitrogens with one attached hydrogen (secondary N) is 2. The molecule has 1 aromatic rings. The molecule has 0 unspecified atom stereocenters. The van der Waals surface area contributed by atoms with Crippen molar-refractivity contribution in [3.8, 4) is 0 Å². The van der Waals surface area contributed by atoms with Crippen LogP contribution >= 0.6 is 28.1 Å². The Bertz CT molecular complexity index is 386. The number of halogens is 1. The molecule has 0 aliphatic carbocycles. The molecular formula is C12H17BrN2OS. The summed E-state index contributed by atoms with van der Waals surface area (Å²) in [7, 11) is 1.67. The highest BCUT2D eigenvalue weighted by Crippen LogP contribution is 2.24. The van der Waals surface area contributed by atoms with E-state index in [0.717, 1.165) is 10.2 Å². The average Bonchev–Trinajstić information content (AvgIpc) is 2.26. The van der Waals surface area contributed by atoms with Gasteiger partial charge in [-0.15, -0.1) is 0 Å². The van der Waals surface area contributed by atoms with E-state index in [2.05, 4.69) is 52.5 Å². The zero-order chi connectivity index (χ0) is 12.8. The van der Waals surface area contributed by atoms with Crippen molar-refractivity contribution in [3.63, 3.8) is 0 Å². The molecule has 3 nitrogen and oxygen atoms in total. The first-order valence-corrected chi connectivity index (χ1v) is 6.55. The lowest BCUT2D eigenvalue weighted by atomic mass is 10.1. The Morgan fingerprint density at radius 1 is 1.35 bits per heavy atom. The molecule has 0 atom stereocenters. The molecule has 94 valence electrons. The van der Waals surface area contributed by atoms with E-state index in [1.165, 1.54) is 11.1 Å². The summed E-state index contributed by atoms with van der Waals surface area (Å²) in [5.41, 5.74) is 3.37. The molecule has 0 amide bonds. The van der Waals surface area contributed by atoms with E-state index in [1.807, 2.05) is 0 Å². The van der Waals surface area contributed by atoms with E-state index < -0.39 is 0 Å². The number of benzene rings is 1. The number of methoxy groups -OCH3 is 1. The zero-order valence-corrected chi connectivity index (χ0v) is 12.7. The summed E-state index contributed by atoms with van der Waals surface area (Å²) in [6.07, 6.45) is 0. The van der Waals surface area contributed by atoms with Crippen molar-refractivity contribution in [3.05, 3.63) is 27.7 Å². The molecular weight excluding hydrogens is 300 g/mol. The third-order valence-electron chi connectivity index (χ3n) is 2.29. The van der Waals surface area contributed by atoms with Gasteiger partial charge >= 0.3 is 0 Å². The molecule has 0 radical (unpaired) electrons. The monoisotopic (exact) mass is 316 g/mol. The van der Waals surface area contributed by atoms with Crippen LogP contribution in [-0.2, 0) is 4.74 Å². The maximum atomic E-state index is 5.18. The summed E-state index contributed by atoms with van der Waals surface area (Å²) in [6, 6.07) is 4.11. The molecule has 2 N–H and O–H groups in total. The van der Waals surface area contributed by atoms with Crippen molar-refractivity contribution >= 4 is 38.9 Å². The Kier molecular flexibility index (Phi) is 5.88. The Hall–Kier alpha value is -0.650. The molecule has 0 fully saturated rings. The Labute approximate surface area is 116 Å². The van der Waals surface area contributed by atoms with Crippen LogP contribution in [0, 0.1) is 13.8 Å². The number of hydrogen-bond donors (Lipinski definition) is 2. The molecule has 0 heterocycles. The van der Waals surface area contributed by atoms with Crippen LogP contribution in [0.4, 0.5) is 5.69 Å². The van der Waals surface area contributed by atoms with Gasteiger partial charge in [-0.3, -0.25) is 0 Å². The number of hydrogen-bond acceptors (Lipinski definition) is 2. The van der Waals surface area contributed by atoms with E-state index >= 15 is 0 Å². The Balaban J connectivity index is 2.60. The van der Waals surface area contributed by atoms with Gasteiger partial charge in [0, 0.05) is 23.8 Å². The highest BCUT2D eigenvalue weighted by atomic mass is 79.9. The smallest absolute Gasteiger partial charge is 0.170 e. The molecule has 0 aliphatic heterocycles. The summed E-state index contributed by atoms with van der Waals surface area (Å²) in [5, 5.41) is 6.84. The van der Waals surface area contributed by atoms with Gasteiger partial charge in [-0.25, -0.2) is 0 Å². The van der Waals surface area contributed by atoms with E-state index in [1.54, 1.807) is 7.11 Å². The minimum Gasteiger partial charge on any atom is -0.383 e. The molecule has 1 aromatic carbocycles. The molecule has 5 heteroatoms. The molecule has 0 saturated heterocycles. The van der Waals surface area contributed by atoms with Gasteiger partial charge in [0.1, 0.15) is 0 Å². The molecule has 17 heavy (non-hydrogen) atoms. The van der Waals surface area contributed by atoms with Crippen molar-refractivity contribution in [1.82, 2.24) is 5.32 Å². The third kappa shape index (κ3) is 4.61. The van der Waals surface area contributed by atoms with Gasteiger partial charge < -0.3 is 15.4 Å². The Morgan fingerprint density at radius 2 is 1.94 bits per heavy atom. The first-order valence-electron chi connectivity index (χ1n) is 5.35. The molecule has 0 spiro atoms. The van der Waals surface area contributed by atoms with Gasteiger partial charge in [0.25, 0.3) is 0 Å². The van der Waals surface area contributed by atoms with Crippen LogP contribution in [0.2, 0.25) is 0 Å². The number of anilines is 1. The fourth-order valence-electron chi connectivity index (χ4n) is 1.46. The van der Waals surface area contributed by atoms with Crippen LogP contribution in [0.1, 0.15) is 11.1 Å². The lowest BCUT2D eigenvalue weighted by Gasteiger charge is -2.12. The van der Waals surface area contributed by atoms with Crippen molar-refractivity contribution in [2.24, 2.45) is 0 Å². The minimum absolute atomic E-state index is 0.614. The highest BCUT2D eigenvalue weighted by Gasteiger charge is 2.03. The van der Waals surface area contributed by atoms with Crippen LogP contribution < -0.4 is 10.6 Å². The zero-order valence-electron chi connectivity index (χ0n) is 10.3. The van der Waals surface area contributed by atoms with E-state index in [9.17, 15) is 0 Å². The van der Waals surface area contributed by atoms with Crippen molar-refractivity contribution in [2.75, 3.05) is 25.6 Å². The standard InChI is InChI=1S/C12H17BrN2OS/c1-8-6-10(7-9(2)11(8)13)15-12(17)14-4-5-16-3/h6-7H,4-5H2,1-3H3,(H2,14,15,17). The maximum Gasteiger partial charge on any atom is 0.170 e. The fraction of sp³-hybridized carbons (Fsp3) is 0.417. The second kappa shape index (κ2) is 6.93. The Morgan fingerprint density at radius 3 is 2.47 bits per heavy atom. The molecule has 0 bridgehead atoms. The quantitative estimate of drug-likeness (QED) is 0.661. The summed E-state index contributed by atoms with van der Waals surface area (Å²) in [5.74, 6) is 0. The van der Waals surface area contributed by atoms with Crippen molar-refractivity contribution < 1.29 is 4.74 Å². The van der Waals surface area contributed by atoms with E-state index in [-0.39, 0.29) is 0 Å². The summed E-state index contributed by atoms with van der Waals surface area (Å²) < 4.78 is 6.08. The van der Waals surface area contributed by atoms with Crippen LogP contribution in [0.3, 0.4) is 0 Å². The van der Waals surface area contributed by atoms with E-state index in [0.29, 0.717) is 18.3 Å². The average molecular weight is 317 g/mol. The lowest BCUT2D eigenvalue weighted by molar-refractivity contribution is 0.204. The second-order valence-corrected chi connectivity index (χ2v) is 5.00. The molecule has 0 saturated carbocycles. The first kappa shape index (κ1) is 14.4. The van der Waals surface area contributed by atoms with Crippen molar-refractivity contribution in [2.45, 2.75) is 13.8 Å². The van der Waals surface area contributed by atoms with Crippen molar-refractivity contribution in [1.29, 1.82) is 0 Å². The van der Waals surface area contributed by atoms with Crippen LogP contribution in [-0.4, -0.2) is 25.4 Å². The molecule has 0 aliphatic rings. The normalized spacial score (nSPS) is 10.1. The third-order valence-corrected chi connectivity index (χ3v) is 3.78. The van der Waals surface area contributed by atoms with Crippen LogP contribution in [0.5, 0.6) is 0 Å². The largest absolute Gasteiger partial charge is 0.383 e. The van der Waals surface area contributed by atoms with Gasteiger partial charge in [0.2, 0.25) is 0 Å². The predicted octanol–water partition coefficient (Wildman–Crippen LogP) is 3.00. The molecule has 1 rings (SSSR count). The van der Waals surface area contributed by atoms with Crippen LogP contribution in [0.25, 0.3) is 0 Å². The van der Waals surface area contributed by atoms with Gasteiger partial charge in [0.05, 0.1) is 6.61 Å². The summed E-state index contributed by atoms with van der Waals surface area (Å²) in [6.45, 7) is 5.46. The lowest BCUT2D eigenvalue weighted by Crippen LogP contribution is -2.31. The number of ether oxygens (including phenoxy) is 1. The molecule has 0 aromatic heterocycles. The van der Waals surface area contributed by atoms with Gasteiger partial charge in [0.15, 0.2) is 5.11 Å². The van der Waals surface area contributed by atoms with Crippen LogP contribution in [0.15, 0.2) is 16.6 Å². The SMILES string of the molecule is COCCNC(=S)Nc1cc(C)c(Br)c(C)c1. The topological polar surface area (TPSA) is 33.3 Å². The van der Waals surface area contributed by atoms with Gasteiger partial charge in [-0.2, -0.15) is 0 Å². The number of aryl methyl sites for hydroxylation is 2. The number of thiocarbonyl (C=S) groups is 1.